The van der Waals surface area contributed by atoms with E-state index in [1.807, 2.05) is 24.3 Å². The summed E-state index contributed by atoms with van der Waals surface area (Å²) in [5.41, 5.74) is 5.79. The SMILES string of the molecule is CC(=O)N1CC2=C(C1=O)[C@H](c1ccccc1)c1cn(C(C)C)c3cccc(c13)N2. The zero-order chi connectivity index (χ0) is 20.3. The van der Waals surface area contributed by atoms with Crippen LogP contribution in [0.5, 0.6) is 0 Å². The maximum atomic E-state index is 13.3. The molecule has 1 N–H and O–H groups in total. The van der Waals surface area contributed by atoms with Crippen molar-refractivity contribution >= 4 is 28.4 Å². The summed E-state index contributed by atoms with van der Waals surface area (Å²) in [4.78, 5) is 26.8. The van der Waals surface area contributed by atoms with Gasteiger partial charge in [-0.05, 0) is 37.1 Å². The van der Waals surface area contributed by atoms with Crippen molar-refractivity contribution in [1.82, 2.24) is 9.47 Å². The molecule has 2 aliphatic heterocycles. The van der Waals surface area contributed by atoms with Gasteiger partial charge in [-0.3, -0.25) is 14.5 Å². The van der Waals surface area contributed by atoms with Crippen LogP contribution in [-0.4, -0.2) is 27.8 Å². The van der Waals surface area contributed by atoms with E-state index in [-0.39, 0.29) is 24.3 Å². The summed E-state index contributed by atoms with van der Waals surface area (Å²) in [5.74, 6) is -0.649. The Kier molecular flexibility index (Phi) is 3.88. The highest BCUT2D eigenvalue weighted by Gasteiger charge is 2.41. The molecule has 0 unspecified atom stereocenters. The van der Waals surface area contributed by atoms with E-state index in [0.717, 1.165) is 33.4 Å². The molecule has 0 saturated heterocycles. The molecule has 0 saturated carbocycles. The lowest BCUT2D eigenvalue weighted by Crippen LogP contribution is -2.33. The quantitative estimate of drug-likeness (QED) is 0.710. The molecule has 29 heavy (non-hydrogen) atoms. The summed E-state index contributed by atoms with van der Waals surface area (Å²) in [6.07, 6.45) is 2.18. The van der Waals surface area contributed by atoms with Gasteiger partial charge in [0, 0.05) is 41.9 Å². The Labute approximate surface area is 169 Å². The molecule has 3 aromatic rings. The number of amides is 2. The van der Waals surface area contributed by atoms with Crippen LogP contribution in [0.4, 0.5) is 5.69 Å². The van der Waals surface area contributed by atoms with Gasteiger partial charge in [-0.2, -0.15) is 0 Å². The van der Waals surface area contributed by atoms with Gasteiger partial charge in [0.15, 0.2) is 0 Å². The summed E-state index contributed by atoms with van der Waals surface area (Å²) in [6, 6.07) is 16.6. The lowest BCUT2D eigenvalue weighted by molar-refractivity contribution is -0.139. The molecule has 2 aliphatic rings. The van der Waals surface area contributed by atoms with Crippen molar-refractivity contribution in [3.8, 4) is 0 Å². The lowest BCUT2D eigenvalue weighted by Gasteiger charge is -2.19. The molecule has 0 aliphatic carbocycles. The fourth-order valence-corrected chi connectivity index (χ4v) is 4.65. The molecule has 5 nitrogen and oxygen atoms in total. The second kappa shape index (κ2) is 6.34. The normalized spacial score (nSPS) is 18.3. The standard InChI is InChI=1S/C24H23N3O2/c1-14(2)26-12-17-21(16-8-5-4-6-9-16)23-19(13-27(15(3)28)24(23)29)25-18-10-7-11-20(26)22(17)18/h4-12,14,21,25H,13H2,1-3H3/t21-/m1/s1. The van der Waals surface area contributed by atoms with Gasteiger partial charge >= 0.3 is 0 Å². The summed E-state index contributed by atoms with van der Waals surface area (Å²) >= 11 is 0. The molecule has 2 amide bonds. The Morgan fingerprint density at radius 3 is 2.55 bits per heavy atom. The van der Waals surface area contributed by atoms with Crippen molar-refractivity contribution in [3.05, 3.63) is 77.1 Å². The minimum atomic E-state index is -0.227. The molecule has 0 fully saturated rings. The zero-order valence-electron chi connectivity index (χ0n) is 16.8. The van der Waals surface area contributed by atoms with Crippen molar-refractivity contribution in [2.45, 2.75) is 32.7 Å². The van der Waals surface area contributed by atoms with Gasteiger partial charge in [0.05, 0.1) is 17.6 Å². The van der Waals surface area contributed by atoms with E-state index in [0.29, 0.717) is 11.6 Å². The first-order valence-corrected chi connectivity index (χ1v) is 9.98. The van der Waals surface area contributed by atoms with Crippen LogP contribution in [0.1, 0.15) is 43.9 Å². The number of nitrogens with one attached hydrogen (secondary N) is 1. The predicted molar refractivity (Wildman–Crippen MR) is 114 cm³/mol. The van der Waals surface area contributed by atoms with Gasteiger partial charge in [0.2, 0.25) is 5.91 Å². The third-order valence-corrected chi connectivity index (χ3v) is 5.96. The van der Waals surface area contributed by atoms with Crippen molar-refractivity contribution in [2.24, 2.45) is 0 Å². The number of carbonyl (C=O) groups is 2. The number of hydrogen-bond acceptors (Lipinski definition) is 3. The molecular weight excluding hydrogens is 362 g/mol. The lowest BCUT2D eigenvalue weighted by atomic mass is 9.84. The predicted octanol–water partition coefficient (Wildman–Crippen LogP) is 4.42. The number of nitrogens with zero attached hydrogens (tertiary/aromatic N) is 2. The van der Waals surface area contributed by atoms with Crippen LogP contribution in [-0.2, 0) is 9.59 Å². The van der Waals surface area contributed by atoms with Crippen LogP contribution in [0.15, 0.2) is 66.0 Å². The fourth-order valence-electron chi connectivity index (χ4n) is 4.65. The van der Waals surface area contributed by atoms with Crippen LogP contribution in [0, 0.1) is 0 Å². The summed E-state index contributed by atoms with van der Waals surface area (Å²) < 4.78 is 2.26. The maximum Gasteiger partial charge on any atom is 0.259 e. The van der Waals surface area contributed by atoms with Gasteiger partial charge in [0.25, 0.3) is 5.91 Å². The minimum absolute atomic E-state index is 0.202. The highest BCUT2D eigenvalue weighted by molar-refractivity contribution is 6.11. The molecule has 1 atom stereocenters. The van der Waals surface area contributed by atoms with E-state index in [1.165, 1.54) is 11.8 Å². The Morgan fingerprint density at radius 1 is 1.10 bits per heavy atom. The number of aromatic nitrogens is 1. The topological polar surface area (TPSA) is 54.3 Å². The first-order valence-electron chi connectivity index (χ1n) is 9.98. The van der Waals surface area contributed by atoms with Crippen molar-refractivity contribution in [3.63, 3.8) is 0 Å². The monoisotopic (exact) mass is 385 g/mol. The van der Waals surface area contributed by atoms with Crippen molar-refractivity contribution in [1.29, 1.82) is 0 Å². The smallest absolute Gasteiger partial charge is 0.259 e. The zero-order valence-corrected chi connectivity index (χ0v) is 16.8. The van der Waals surface area contributed by atoms with E-state index in [4.69, 9.17) is 0 Å². The molecule has 0 spiro atoms. The average molecular weight is 385 g/mol. The second-order valence-electron chi connectivity index (χ2n) is 8.06. The van der Waals surface area contributed by atoms with E-state index in [1.54, 1.807) is 0 Å². The van der Waals surface area contributed by atoms with Gasteiger partial charge in [-0.1, -0.05) is 36.4 Å². The average Bonchev–Trinajstić information content (AvgIpc) is 3.19. The first kappa shape index (κ1) is 17.7. The Hall–Kier alpha value is -3.34. The molecule has 3 heterocycles. The Balaban J connectivity index is 1.83. The number of rotatable bonds is 2. The van der Waals surface area contributed by atoms with Gasteiger partial charge in [0.1, 0.15) is 0 Å². The van der Waals surface area contributed by atoms with Gasteiger partial charge < -0.3 is 9.88 Å². The molecule has 0 bridgehead atoms. The molecular formula is C24H23N3O2. The van der Waals surface area contributed by atoms with Gasteiger partial charge in [-0.25, -0.2) is 0 Å². The molecule has 0 radical (unpaired) electrons. The second-order valence-corrected chi connectivity index (χ2v) is 8.06. The van der Waals surface area contributed by atoms with Crippen LogP contribution >= 0.6 is 0 Å². The van der Waals surface area contributed by atoms with Crippen molar-refractivity contribution < 1.29 is 9.59 Å². The summed E-state index contributed by atoms with van der Waals surface area (Å²) in [7, 11) is 0. The third kappa shape index (κ3) is 2.54. The van der Waals surface area contributed by atoms with Crippen LogP contribution in [0.3, 0.4) is 0 Å². The van der Waals surface area contributed by atoms with Crippen molar-refractivity contribution in [2.75, 3.05) is 11.9 Å². The highest BCUT2D eigenvalue weighted by Crippen LogP contribution is 2.46. The number of carbonyl (C=O) groups excluding carboxylic acids is 2. The van der Waals surface area contributed by atoms with E-state index in [2.05, 4.69) is 54.2 Å². The number of hydrogen-bond donors (Lipinski definition) is 1. The molecule has 146 valence electrons. The summed E-state index contributed by atoms with van der Waals surface area (Å²) in [6.45, 7) is 6.06. The van der Waals surface area contributed by atoms with E-state index >= 15 is 0 Å². The number of anilines is 1. The van der Waals surface area contributed by atoms with Crippen LogP contribution in [0.2, 0.25) is 0 Å². The first-order chi connectivity index (χ1) is 14.0. The number of imide groups is 1. The molecule has 5 rings (SSSR count). The third-order valence-electron chi connectivity index (χ3n) is 5.96. The highest BCUT2D eigenvalue weighted by atomic mass is 16.2. The molecule has 2 aromatic carbocycles. The van der Waals surface area contributed by atoms with Gasteiger partial charge in [-0.15, -0.1) is 0 Å². The molecule has 5 heteroatoms. The Morgan fingerprint density at radius 2 is 1.86 bits per heavy atom. The fraction of sp³-hybridized carbons (Fsp3) is 0.250. The van der Waals surface area contributed by atoms with Crippen LogP contribution < -0.4 is 5.32 Å². The Bertz CT molecular complexity index is 1190. The van der Waals surface area contributed by atoms with E-state index in [9.17, 15) is 9.59 Å². The maximum absolute atomic E-state index is 13.3. The number of benzene rings is 2. The summed E-state index contributed by atoms with van der Waals surface area (Å²) in [5, 5.41) is 4.65. The largest absolute Gasteiger partial charge is 0.356 e. The van der Waals surface area contributed by atoms with E-state index < -0.39 is 0 Å². The van der Waals surface area contributed by atoms with Crippen LogP contribution in [0.25, 0.3) is 10.9 Å². The minimum Gasteiger partial charge on any atom is -0.356 e. The molecule has 1 aromatic heterocycles.